The maximum Gasteiger partial charge on any atom is 0.193 e. The molecule has 0 atom stereocenters. The van der Waals surface area contributed by atoms with E-state index in [1.165, 1.54) is 18.2 Å². The molecule has 0 aliphatic rings. The predicted octanol–water partition coefficient (Wildman–Crippen LogP) is 8.20. The number of hydrogen-bond acceptors (Lipinski definition) is 4. The minimum absolute atomic E-state index is 0.186. The Morgan fingerprint density at radius 1 is 0.289 bits per heavy atom. The summed E-state index contributed by atoms with van der Waals surface area (Å²) >= 11 is 0. The van der Waals surface area contributed by atoms with Crippen LogP contribution in [0.25, 0.3) is 0 Å². The first-order valence-electron chi connectivity index (χ1n) is 14.6. The first kappa shape index (κ1) is 29.1. The summed E-state index contributed by atoms with van der Waals surface area (Å²) in [5.74, 6) is -1.19. The van der Waals surface area contributed by atoms with Crippen molar-refractivity contribution in [3.8, 4) is 0 Å². The van der Waals surface area contributed by atoms with E-state index >= 15 is 0 Å². The minimum Gasteiger partial charge on any atom is -0.289 e. The van der Waals surface area contributed by atoms with Gasteiger partial charge in [0.1, 0.15) is 0 Å². The third-order valence-corrected chi connectivity index (χ3v) is 7.60. The standard InChI is InChI=1S/C41H28O4/c42-38(30-15-7-2-8-16-30)33-22-29(21-28-13-5-1-6-14-28)23-34(24-33)41(45)37-26-35(39(43)31-17-9-3-10-18-31)25-36(27-37)40(44)32-19-11-4-12-20-32/h1-20,22-27H,21H2. The molecular formula is C41H28O4. The molecule has 0 saturated heterocycles. The van der Waals surface area contributed by atoms with Gasteiger partial charge in [-0.2, -0.15) is 0 Å². The lowest BCUT2D eigenvalue weighted by molar-refractivity contribution is 0.102. The van der Waals surface area contributed by atoms with Gasteiger partial charge in [-0.05, 0) is 53.9 Å². The summed E-state index contributed by atoms with van der Waals surface area (Å²) in [6.07, 6.45) is 0.515. The maximum absolute atomic E-state index is 14.3. The van der Waals surface area contributed by atoms with Gasteiger partial charge >= 0.3 is 0 Å². The zero-order valence-corrected chi connectivity index (χ0v) is 24.4. The molecule has 0 N–H and O–H groups in total. The van der Waals surface area contributed by atoms with Crippen molar-refractivity contribution in [3.63, 3.8) is 0 Å². The van der Waals surface area contributed by atoms with Crippen LogP contribution in [-0.2, 0) is 6.42 Å². The van der Waals surface area contributed by atoms with Crippen LogP contribution >= 0.6 is 0 Å². The van der Waals surface area contributed by atoms with Gasteiger partial charge in [-0.1, -0.05) is 121 Å². The Labute approximate surface area is 261 Å². The van der Waals surface area contributed by atoms with Crippen molar-refractivity contribution in [1.82, 2.24) is 0 Å². The third-order valence-electron chi connectivity index (χ3n) is 7.60. The molecule has 0 bridgehead atoms. The van der Waals surface area contributed by atoms with Crippen LogP contribution in [0.5, 0.6) is 0 Å². The molecule has 0 radical (unpaired) electrons. The molecule has 4 heteroatoms. The molecule has 0 fully saturated rings. The van der Waals surface area contributed by atoms with Crippen molar-refractivity contribution in [2.75, 3.05) is 0 Å². The number of rotatable bonds is 10. The van der Waals surface area contributed by atoms with Crippen LogP contribution in [0.1, 0.15) is 74.8 Å². The van der Waals surface area contributed by atoms with E-state index in [0.717, 1.165) is 11.1 Å². The molecule has 0 amide bonds. The van der Waals surface area contributed by atoms with Gasteiger partial charge in [-0.3, -0.25) is 19.2 Å². The fraction of sp³-hybridized carbons (Fsp3) is 0.0244. The summed E-state index contributed by atoms with van der Waals surface area (Å²) < 4.78 is 0. The molecule has 4 nitrogen and oxygen atoms in total. The molecule has 0 spiro atoms. The quantitative estimate of drug-likeness (QED) is 0.152. The van der Waals surface area contributed by atoms with Crippen molar-refractivity contribution in [3.05, 3.63) is 213 Å². The normalized spacial score (nSPS) is 10.7. The van der Waals surface area contributed by atoms with Crippen molar-refractivity contribution in [2.24, 2.45) is 0 Å². The van der Waals surface area contributed by atoms with E-state index in [2.05, 4.69) is 0 Å². The molecule has 0 aliphatic carbocycles. The van der Waals surface area contributed by atoms with Gasteiger partial charge in [0.15, 0.2) is 23.1 Å². The van der Waals surface area contributed by atoms with Crippen LogP contribution in [0.3, 0.4) is 0 Å². The van der Waals surface area contributed by atoms with Crippen LogP contribution in [-0.4, -0.2) is 23.1 Å². The number of benzene rings is 6. The molecule has 0 unspecified atom stereocenters. The molecular weight excluding hydrogens is 556 g/mol. The molecule has 6 aromatic rings. The summed E-state index contributed by atoms with van der Waals surface area (Å²) in [4.78, 5) is 54.9. The van der Waals surface area contributed by atoms with Crippen LogP contribution < -0.4 is 0 Å². The lowest BCUT2D eigenvalue weighted by Crippen LogP contribution is -2.12. The van der Waals surface area contributed by atoms with E-state index in [1.807, 2.05) is 54.6 Å². The zero-order chi connectivity index (χ0) is 31.2. The third kappa shape index (κ3) is 6.66. The summed E-state index contributed by atoms with van der Waals surface area (Å²) in [5, 5.41) is 0. The SMILES string of the molecule is O=C(c1ccccc1)c1cc(Cc2ccccc2)cc(C(=O)c2cc(C(=O)c3ccccc3)cc(C(=O)c3ccccc3)c2)c1. The van der Waals surface area contributed by atoms with E-state index in [1.54, 1.807) is 84.9 Å². The Kier molecular flexibility index (Phi) is 8.47. The van der Waals surface area contributed by atoms with Gasteiger partial charge in [-0.15, -0.1) is 0 Å². The van der Waals surface area contributed by atoms with Gasteiger partial charge in [0, 0.05) is 44.5 Å². The van der Waals surface area contributed by atoms with E-state index in [4.69, 9.17) is 0 Å². The topological polar surface area (TPSA) is 68.3 Å². The van der Waals surface area contributed by atoms with E-state index < -0.39 is 5.78 Å². The number of ketones is 4. The highest BCUT2D eigenvalue weighted by Gasteiger charge is 2.21. The Balaban J connectivity index is 1.46. The smallest absolute Gasteiger partial charge is 0.193 e. The van der Waals surface area contributed by atoms with Gasteiger partial charge < -0.3 is 0 Å². The van der Waals surface area contributed by atoms with Crippen molar-refractivity contribution < 1.29 is 19.2 Å². The number of carbonyl (C=O) groups is 4. The Bertz CT molecular complexity index is 1940. The molecule has 0 aromatic heterocycles. The minimum atomic E-state index is -0.392. The highest BCUT2D eigenvalue weighted by atomic mass is 16.1. The molecule has 6 aromatic carbocycles. The lowest BCUT2D eigenvalue weighted by Gasteiger charge is -2.12. The van der Waals surface area contributed by atoms with Gasteiger partial charge in [0.25, 0.3) is 0 Å². The molecule has 45 heavy (non-hydrogen) atoms. The molecule has 216 valence electrons. The maximum atomic E-state index is 14.3. The summed E-state index contributed by atoms with van der Waals surface area (Å²) in [5.41, 5.74) is 4.56. The van der Waals surface area contributed by atoms with Crippen LogP contribution in [0, 0.1) is 0 Å². The summed E-state index contributed by atoms with van der Waals surface area (Å²) in [7, 11) is 0. The molecule has 0 heterocycles. The Morgan fingerprint density at radius 3 is 0.889 bits per heavy atom. The Hall–Kier alpha value is -6.00. The first-order valence-corrected chi connectivity index (χ1v) is 14.6. The Morgan fingerprint density at radius 2 is 0.556 bits per heavy atom. The van der Waals surface area contributed by atoms with E-state index in [0.29, 0.717) is 34.2 Å². The second-order valence-corrected chi connectivity index (χ2v) is 10.8. The zero-order valence-electron chi connectivity index (χ0n) is 24.4. The fourth-order valence-corrected chi connectivity index (χ4v) is 5.34. The van der Waals surface area contributed by atoms with Crippen LogP contribution in [0.2, 0.25) is 0 Å². The van der Waals surface area contributed by atoms with Gasteiger partial charge in [0.2, 0.25) is 0 Å². The molecule has 6 rings (SSSR count). The van der Waals surface area contributed by atoms with Crippen LogP contribution in [0.15, 0.2) is 158 Å². The van der Waals surface area contributed by atoms with Crippen molar-refractivity contribution in [2.45, 2.75) is 6.42 Å². The predicted molar refractivity (Wildman–Crippen MR) is 175 cm³/mol. The summed E-state index contributed by atoms with van der Waals surface area (Å²) in [6.45, 7) is 0. The number of carbonyl (C=O) groups excluding carboxylic acids is 4. The highest BCUT2D eigenvalue weighted by Crippen LogP contribution is 2.24. The fourth-order valence-electron chi connectivity index (χ4n) is 5.34. The number of hydrogen-bond donors (Lipinski definition) is 0. The largest absolute Gasteiger partial charge is 0.289 e. The van der Waals surface area contributed by atoms with Crippen LogP contribution in [0.4, 0.5) is 0 Å². The second kappa shape index (κ2) is 13.1. The van der Waals surface area contributed by atoms with Gasteiger partial charge in [-0.25, -0.2) is 0 Å². The molecule has 0 aliphatic heterocycles. The monoisotopic (exact) mass is 584 g/mol. The first-order chi connectivity index (χ1) is 22.0. The molecule has 0 saturated carbocycles. The van der Waals surface area contributed by atoms with E-state index in [9.17, 15) is 19.2 Å². The van der Waals surface area contributed by atoms with E-state index in [-0.39, 0.29) is 34.0 Å². The average Bonchev–Trinajstić information content (AvgIpc) is 3.11. The van der Waals surface area contributed by atoms with Gasteiger partial charge in [0.05, 0.1) is 0 Å². The summed E-state index contributed by atoms with van der Waals surface area (Å²) in [6, 6.07) is 46.0. The van der Waals surface area contributed by atoms with Crippen molar-refractivity contribution in [1.29, 1.82) is 0 Å². The lowest BCUT2D eigenvalue weighted by atomic mass is 9.90. The van der Waals surface area contributed by atoms with Crippen molar-refractivity contribution >= 4 is 23.1 Å². The highest BCUT2D eigenvalue weighted by molar-refractivity contribution is 6.18. The average molecular weight is 585 g/mol. The second-order valence-electron chi connectivity index (χ2n) is 10.8.